The van der Waals surface area contributed by atoms with Crippen molar-refractivity contribution in [1.82, 2.24) is 4.90 Å². The molecule has 0 aliphatic carbocycles. The number of halogens is 1. The molecule has 0 atom stereocenters. The van der Waals surface area contributed by atoms with Crippen molar-refractivity contribution in [1.29, 1.82) is 0 Å². The van der Waals surface area contributed by atoms with Crippen LogP contribution in [0.2, 0.25) is 0 Å². The third kappa shape index (κ3) is 5.00. The first-order valence-electron chi connectivity index (χ1n) is 6.92. The Kier molecular flexibility index (Phi) is 5.46. The van der Waals surface area contributed by atoms with Crippen molar-refractivity contribution in [2.75, 3.05) is 18.9 Å². The van der Waals surface area contributed by atoms with Crippen molar-refractivity contribution in [3.8, 4) is 0 Å². The maximum absolute atomic E-state index is 13.4. The number of hydrogen-bond donors (Lipinski definition) is 1. The number of benzene rings is 2. The SMILES string of the molecule is CN(CCC(=O)Nc1ccccc1F)Cc1ccccc1. The van der Waals surface area contributed by atoms with E-state index in [9.17, 15) is 9.18 Å². The number of anilines is 1. The molecule has 4 heteroatoms. The third-order valence-electron chi connectivity index (χ3n) is 3.16. The van der Waals surface area contributed by atoms with Crippen molar-refractivity contribution >= 4 is 11.6 Å². The summed E-state index contributed by atoms with van der Waals surface area (Å²) in [5.74, 6) is -0.594. The van der Waals surface area contributed by atoms with Gasteiger partial charge in [-0.2, -0.15) is 0 Å². The molecule has 1 amide bonds. The van der Waals surface area contributed by atoms with Gasteiger partial charge in [0.25, 0.3) is 0 Å². The highest BCUT2D eigenvalue weighted by Crippen LogP contribution is 2.12. The Balaban J connectivity index is 1.77. The molecular weight excluding hydrogens is 267 g/mol. The number of nitrogens with zero attached hydrogens (tertiary/aromatic N) is 1. The molecule has 0 heterocycles. The van der Waals surface area contributed by atoms with E-state index in [1.165, 1.54) is 11.6 Å². The molecule has 0 radical (unpaired) electrons. The third-order valence-corrected chi connectivity index (χ3v) is 3.16. The number of nitrogens with one attached hydrogen (secondary N) is 1. The molecule has 0 saturated carbocycles. The molecule has 0 aliphatic rings. The Hall–Kier alpha value is -2.20. The highest BCUT2D eigenvalue weighted by Gasteiger charge is 2.08. The molecule has 0 aromatic heterocycles. The molecular formula is C17H19FN2O. The van der Waals surface area contributed by atoms with E-state index in [0.29, 0.717) is 13.0 Å². The minimum Gasteiger partial charge on any atom is -0.324 e. The topological polar surface area (TPSA) is 32.3 Å². The zero-order chi connectivity index (χ0) is 15.1. The molecule has 1 N–H and O–H groups in total. The van der Waals surface area contributed by atoms with Gasteiger partial charge >= 0.3 is 0 Å². The van der Waals surface area contributed by atoms with Crippen molar-refractivity contribution in [2.45, 2.75) is 13.0 Å². The van der Waals surface area contributed by atoms with Crippen molar-refractivity contribution < 1.29 is 9.18 Å². The fraction of sp³-hybridized carbons (Fsp3) is 0.235. The van der Waals surface area contributed by atoms with E-state index in [-0.39, 0.29) is 11.6 Å². The van der Waals surface area contributed by atoms with Crippen molar-refractivity contribution in [3.05, 3.63) is 66.0 Å². The molecule has 0 unspecified atom stereocenters. The van der Waals surface area contributed by atoms with Gasteiger partial charge in [0.1, 0.15) is 5.82 Å². The molecule has 2 aromatic rings. The van der Waals surface area contributed by atoms with Crippen LogP contribution in [0.5, 0.6) is 0 Å². The van der Waals surface area contributed by atoms with E-state index in [1.54, 1.807) is 18.2 Å². The molecule has 0 bridgehead atoms. The Morgan fingerprint density at radius 2 is 1.76 bits per heavy atom. The zero-order valence-corrected chi connectivity index (χ0v) is 12.1. The largest absolute Gasteiger partial charge is 0.324 e. The van der Waals surface area contributed by atoms with Gasteiger partial charge in [-0.3, -0.25) is 4.79 Å². The number of hydrogen-bond acceptors (Lipinski definition) is 2. The van der Waals surface area contributed by atoms with Gasteiger partial charge in [0.05, 0.1) is 5.69 Å². The number of para-hydroxylation sites is 1. The van der Waals surface area contributed by atoms with Gasteiger partial charge in [-0.25, -0.2) is 4.39 Å². The maximum atomic E-state index is 13.4. The standard InChI is InChI=1S/C17H19FN2O/c1-20(13-14-7-3-2-4-8-14)12-11-17(21)19-16-10-6-5-9-15(16)18/h2-10H,11-13H2,1H3,(H,19,21). The Morgan fingerprint density at radius 1 is 1.10 bits per heavy atom. The Bertz CT molecular complexity index is 586. The maximum Gasteiger partial charge on any atom is 0.225 e. The molecule has 2 rings (SSSR count). The zero-order valence-electron chi connectivity index (χ0n) is 12.1. The van der Waals surface area contributed by atoms with Gasteiger partial charge in [-0.05, 0) is 24.7 Å². The number of rotatable bonds is 6. The minimum atomic E-state index is -0.413. The first-order chi connectivity index (χ1) is 10.1. The van der Waals surface area contributed by atoms with Crippen LogP contribution in [0.15, 0.2) is 54.6 Å². The predicted octanol–water partition coefficient (Wildman–Crippen LogP) is 3.29. The normalized spacial score (nSPS) is 10.6. The van der Waals surface area contributed by atoms with E-state index in [4.69, 9.17) is 0 Å². The molecule has 110 valence electrons. The quantitative estimate of drug-likeness (QED) is 0.883. The van der Waals surface area contributed by atoms with Crippen LogP contribution >= 0.6 is 0 Å². The summed E-state index contributed by atoms with van der Waals surface area (Å²) >= 11 is 0. The van der Waals surface area contributed by atoms with E-state index in [0.717, 1.165) is 6.54 Å². The molecule has 21 heavy (non-hydrogen) atoms. The summed E-state index contributed by atoms with van der Waals surface area (Å²) in [6, 6.07) is 16.2. The van der Waals surface area contributed by atoms with E-state index < -0.39 is 5.82 Å². The molecule has 0 aliphatic heterocycles. The second-order valence-corrected chi connectivity index (χ2v) is 5.00. The molecule has 2 aromatic carbocycles. The van der Waals surface area contributed by atoms with Crippen LogP contribution in [-0.2, 0) is 11.3 Å². The van der Waals surface area contributed by atoms with Crippen LogP contribution in [-0.4, -0.2) is 24.4 Å². The molecule has 0 spiro atoms. The van der Waals surface area contributed by atoms with Gasteiger partial charge in [-0.15, -0.1) is 0 Å². The van der Waals surface area contributed by atoms with E-state index in [2.05, 4.69) is 22.3 Å². The van der Waals surface area contributed by atoms with E-state index >= 15 is 0 Å². The average molecular weight is 286 g/mol. The highest BCUT2D eigenvalue weighted by molar-refractivity contribution is 5.90. The molecule has 3 nitrogen and oxygen atoms in total. The second kappa shape index (κ2) is 7.55. The summed E-state index contributed by atoms with van der Waals surface area (Å²) in [6.45, 7) is 1.41. The predicted molar refractivity (Wildman–Crippen MR) is 82.4 cm³/mol. The van der Waals surface area contributed by atoms with Gasteiger partial charge in [0.2, 0.25) is 5.91 Å². The van der Waals surface area contributed by atoms with Crippen molar-refractivity contribution in [3.63, 3.8) is 0 Å². The highest BCUT2D eigenvalue weighted by atomic mass is 19.1. The smallest absolute Gasteiger partial charge is 0.225 e. The minimum absolute atomic E-state index is 0.181. The summed E-state index contributed by atoms with van der Waals surface area (Å²) in [7, 11) is 1.96. The molecule has 0 saturated heterocycles. The fourth-order valence-corrected chi connectivity index (χ4v) is 2.04. The lowest BCUT2D eigenvalue weighted by atomic mass is 10.2. The fourth-order valence-electron chi connectivity index (χ4n) is 2.04. The van der Waals surface area contributed by atoms with Crippen LogP contribution < -0.4 is 5.32 Å². The summed E-state index contributed by atoms with van der Waals surface area (Å²) in [5.41, 5.74) is 1.43. The summed E-state index contributed by atoms with van der Waals surface area (Å²) in [6.07, 6.45) is 0.331. The first kappa shape index (κ1) is 15.2. The van der Waals surface area contributed by atoms with Gasteiger partial charge in [0.15, 0.2) is 0 Å². The van der Waals surface area contributed by atoms with E-state index in [1.807, 2.05) is 25.2 Å². The van der Waals surface area contributed by atoms with Crippen LogP contribution in [0.25, 0.3) is 0 Å². The van der Waals surface area contributed by atoms with Crippen LogP contribution in [0, 0.1) is 5.82 Å². The lowest BCUT2D eigenvalue weighted by Gasteiger charge is -2.16. The lowest BCUT2D eigenvalue weighted by Crippen LogP contribution is -2.24. The van der Waals surface area contributed by atoms with Crippen LogP contribution in [0.1, 0.15) is 12.0 Å². The average Bonchev–Trinajstić information content (AvgIpc) is 2.49. The lowest BCUT2D eigenvalue weighted by molar-refractivity contribution is -0.116. The monoisotopic (exact) mass is 286 g/mol. The van der Waals surface area contributed by atoms with Crippen LogP contribution in [0.4, 0.5) is 10.1 Å². The summed E-state index contributed by atoms with van der Waals surface area (Å²) in [4.78, 5) is 13.9. The van der Waals surface area contributed by atoms with Gasteiger partial charge < -0.3 is 10.2 Å². The Morgan fingerprint density at radius 3 is 2.48 bits per heavy atom. The van der Waals surface area contributed by atoms with Gasteiger partial charge in [0, 0.05) is 19.5 Å². The molecule has 0 fully saturated rings. The number of amides is 1. The second-order valence-electron chi connectivity index (χ2n) is 5.00. The van der Waals surface area contributed by atoms with Crippen molar-refractivity contribution in [2.24, 2.45) is 0 Å². The number of carbonyl (C=O) groups excluding carboxylic acids is 1. The first-order valence-corrected chi connectivity index (χ1v) is 6.92. The summed E-state index contributed by atoms with van der Waals surface area (Å²) < 4.78 is 13.4. The Labute approximate surface area is 124 Å². The summed E-state index contributed by atoms with van der Waals surface area (Å²) in [5, 5.41) is 2.59. The van der Waals surface area contributed by atoms with Gasteiger partial charge in [-0.1, -0.05) is 42.5 Å². The van der Waals surface area contributed by atoms with Crippen LogP contribution in [0.3, 0.4) is 0 Å². The number of carbonyl (C=O) groups is 1.